The highest BCUT2D eigenvalue weighted by atomic mass is 16.5. The zero-order valence-corrected chi connectivity index (χ0v) is 19.1. The summed E-state index contributed by atoms with van der Waals surface area (Å²) in [6, 6.07) is 6.14. The van der Waals surface area contributed by atoms with E-state index in [0.717, 1.165) is 61.6 Å². The third kappa shape index (κ3) is 6.60. The van der Waals surface area contributed by atoms with E-state index in [0.29, 0.717) is 19.8 Å². The molecule has 1 aliphatic rings. The van der Waals surface area contributed by atoms with Gasteiger partial charge in [0.25, 0.3) is 0 Å². The standard InChI is InChI=1S/C23H36N6O2/c1-4-24-23(26-17-22-28-27-21-10-8-7-9-15-29(21)22)25-14-13-18-11-12-19(30-5-2)20(16-18)31-6-3/h11-12,16H,4-10,13-15,17H2,1-3H3,(H2,24,25,26). The quantitative estimate of drug-likeness (QED) is 0.447. The second kappa shape index (κ2) is 12.2. The zero-order chi connectivity index (χ0) is 21.9. The largest absolute Gasteiger partial charge is 0.490 e. The van der Waals surface area contributed by atoms with Gasteiger partial charge in [0.15, 0.2) is 23.3 Å². The topological polar surface area (TPSA) is 85.6 Å². The summed E-state index contributed by atoms with van der Waals surface area (Å²) in [5.41, 5.74) is 1.19. The van der Waals surface area contributed by atoms with Crippen molar-refractivity contribution >= 4 is 5.96 Å². The Hall–Kier alpha value is -2.77. The molecule has 31 heavy (non-hydrogen) atoms. The van der Waals surface area contributed by atoms with Gasteiger partial charge in [0.2, 0.25) is 0 Å². The van der Waals surface area contributed by atoms with Gasteiger partial charge in [0, 0.05) is 26.1 Å². The number of aliphatic imine (C=N–C) groups is 1. The lowest BCUT2D eigenvalue weighted by Crippen LogP contribution is -2.38. The summed E-state index contributed by atoms with van der Waals surface area (Å²) in [6.45, 7) is 10.4. The minimum atomic E-state index is 0.528. The molecular weight excluding hydrogens is 392 g/mol. The van der Waals surface area contributed by atoms with Crippen LogP contribution in [-0.2, 0) is 25.9 Å². The smallest absolute Gasteiger partial charge is 0.191 e. The van der Waals surface area contributed by atoms with Crippen LogP contribution in [0, 0.1) is 0 Å². The first kappa shape index (κ1) is 22.9. The molecular formula is C23H36N6O2. The maximum Gasteiger partial charge on any atom is 0.191 e. The number of fused-ring (bicyclic) bond motifs is 1. The summed E-state index contributed by atoms with van der Waals surface area (Å²) in [5.74, 6) is 4.44. The van der Waals surface area contributed by atoms with E-state index in [2.05, 4.69) is 44.5 Å². The summed E-state index contributed by atoms with van der Waals surface area (Å²) in [7, 11) is 0. The van der Waals surface area contributed by atoms with Gasteiger partial charge >= 0.3 is 0 Å². The van der Waals surface area contributed by atoms with Crippen LogP contribution in [0.4, 0.5) is 0 Å². The van der Waals surface area contributed by atoms with Gasteiger partial charge in [-0.3, -0.25) is 0 Å². The van der Waals surface area contributed by atoms with Crippen molar-refractivity contribution in [3.63, 3.8) is 0 Å². The first-order valence-electron chi connectivity index (χ1n) is 11.6. The maximum absolute atomic E-state index is 5.73. The lowest BCUT2D eigenvalue weighted by atomic mass is 10.1. The number of ether oxygens (including phenoxy) is 2. The predicted molar refractivity (Wildman–Crippen MR) is 123 cm³/mol. The van der Waals surface area contributed by atoms with Crippen LogP contribution < -0.4 is 20.1 Å². The van der Waals surface area contributed by atoms with Crippen LogP contribution in [0.1, 0.15) is 57.2 Å². The Bertz CT molecular complexity index is 849. The van der Waals surface area contributed by atoms with Crippen molar-refractivity contribution in [1.82, 2.24) is 25.4 Å². The molecule has 1 aliphatic heterocycles. The van der Waals surface area contributed by atoms with E-state index in [-0.39, 0.29) is 0 Å². The third-order valence-electron chi connectivity index (χ3n) is 5.22. The lowest BCUT2D eigenvalue weighted by Gasteiger charge is -2.14. The second-order valence-electron chi connectivity index (χ2n) is 7.51. The molecule has 0 atom stereocenters. The molecule has 2 heterocycles. The Morgan fingerprint density at radius 1 is 1.03 bits per heavy atom. The minimum absolute atomic E-state index is 0.528. The molecule has 0 saturated carbocycles. The van der Waals surface area contributed by atoms with Gasteiger partial charge in [-0.2, -0.15) is 0 Å². The van der Waals surface area contributed by atoms with E-state index in [1.54, 1.807) is 0 Å². The average molecular weight is 429 g/mol. The summed E-state index contributed by atoms with van der Waals surface area (Å²) in [5, 5.41) is 15.5. The molecule has 0 spiro atoms. The number of nitrogens with one attached hydrogen (secondary N) is 2. The number of benzene rings is 1. The number of hydrogen-bond donors (Lipinski definition) is 2. The fourth-order valence-electron chi connectivity index (χ4n) is 3.73. The predicted octanol–water partition coefficient (Wildman–Crippen LogP) is 3.10. The summed E-state index contributed by atoms with van der Waals surface area (Å²) < 4.78 is 13.6. The van der Waals surface area contributed by atoms with E-state index >= 15 is 0 Å². The molecule has 0 fully saturated rings. The first-order chi connectivity index (χ1) is 15.2. The van der Waals surface area contributed by atoms with Gasteiger partial charge in [-0.25, -0.2) is 4.99 Å². The minimum Gasteiger partial charge on any atom is -0.490 e. The van der Waals surface area contributed by atoms with Crippen LogP contribution in [0.2, 0.25) is 0 Å². The van der Waals surface area contributed by atoms with E-state index in [9.17, 15) is 0 Å². The zero-order valence-electron chi connectivity index (χ0n) is 19.1. The number of hydrogen-bond acceptors (Lipinski definition) is 5. The molecule has 8 heteroatoms. The van der Waals surface area contributed by atoms with Crippen molar-refractivity contribution in [2.75, 3.05) is 26.3 Å². The van der Waals surface area contributed by atoms with E-state index in [4.69, 9.17) is 14.5 Å². The van der Waals surface area contributed by atoms with E-state index < -0.39 is 0 Å². The van der Waals surface area contributed by atoms with Crippen molar-refractivity contribution in [1.29, 1.82) is 0 Å². The van der Waals surface area contributed by atoms with Crippen LogP contribution in [-0.4, -0.2) is 47.0 Å². The van der Waals surface area contributed by atoms with Gasteiger partial charge in [-0.15, -0.1) is 10.2 Å². The lowest BCUT2D eigenvalue weighted by molar-refractivity contribution is 0.287. The van der Waals surface area contributed by atoms with Crippen LogP contribution in [0.25, 0.3) is 0 Å². The molecule has 2 N–H and O–H groups in total. The molecule has 0 bridgehead atoms. The van der Waals surface area contributed by atoms with Crippen molar-refractivity contribution in [3.05, 3.63) is 35.4 Å². The van der Waals surface area contributed by atoms with Gasteiger partial charge < -0.3 is 24.7 Å². The number of aromatic nitrogens is 3. The Kier molecular flexibility index (Phi) is 8.99. The fraction of sp³-hybridized carbons (Fsp3) is 0.609. The molecule has 8 nitrogen and oxygen atoms in total. The van der Waals surface area contributed by atoms with Crippen molar-refractivity contribution < 1.29 is 9.47 Å². The van der Waals surface area contributed by atoms with Crippen LogP contribution in [0.3, 0.4) is 0 Å². The van der Waals surface area contributed by atoms with Crippen LogP contribution in [0.5, 0.6) is 11.5 Å². The average Bonchev–Trinajstić information content (AvgIpc) is 3.00. The van der Waals surface area contributed by atoms with Gasteiger partial charge in [-0.05, 0) is 57.7 Å². The second-order valence-corrected chi connectivity index (χ2v) is 7.51. The number of nitrogens with zero attached hydrogens (tertiary/aromatic N) is 4. The maximum atomic E-state index is 5.73. The summed E-state index contributed by atoms with van der Waals surface area (Å²) >= 11 is 0. The van der Waals surface area contributed by atoms with Crippen LogP contribution in [0.15, 0.2) is 23.2 Å². The number of rotatable bonds is 10. The highest BCUT2D eigenvalue weighted by Gasteiger charge is 2.14. The Morgan fingerprint density at radius 2 is 1.87 bits per heavy atom. The molecule has 170 valence electrons. The molecule has 0 saturated heterocycles. The van der Waals surface area contributed by atoms with Crippen LogP contribution >= 0.6 is 0 Å². The Balaban J connectivity index is 1.58. The molecule has 1 aromatic carbocycles. The van der Waals surface area contributed by atoms with E-state index in [1.807, 2.05) is 19.9 Å². The molecule has 1 aromatic heterocycles. The highest BCUT2D eigenvalue weighted by molar-refractivity contribution is 5.79. The Labute approximate surface area is 185 Å². The molecule has 3 rings (SSSR count). The van der Waals surface area contributed by atoms with Crippen molar-refractivity contribution in [2.45, 2.75) is 66.0 Å². The van der Waals surface area contributed by atoms with Crippen molar-refractivity contribution in [2.24, 2.45) is 4.99 Å². The van der Waals surface area contributed by atoms with Gasteiger partial charge in [-0.1, -0.05) is 12.5 Å². The van der Waals surface area contributed by atoms with Gasteiger partial charge in [0.05, 0.1) is 13.2 Å². The summed E-state index contributed by atoms with van der Waals surface area (Å²) in [4.78, 5) is 4.74. The SMILES string of the molecule is CCNC(=NCc1nnc2n1CCCCC2)NCCc1ccc(OCC)c(OCC)c1. The summed E-state index contributed by atoms with van der Waals surface area (Å²) in [6.07, 6.45) is 5.51. The molecule has 0 amide bonds. The molecule has 0 radical (unpaired) electrons. The van der Waals surface area contributed by atoms with E-state index in [1.165, 1.54) is 24.8 Å². The molecule has 0 unspecified atom stereocenters. The fourth-order valence-corrected chi connectivity index (χ4v) is 3.73. The molecule has 0 aliphatic carbocycles. The van der Waals surface area contributed by atoms with Gasteiger partial charge in [0.1, 0.15) is 12.4 Å². The first-order valence-corrected chi connectivity index (χ1v) is 11.6. The monoisotopic (exact) mass is 428 g/mol. The highest BCUT2D eigenvalue weighted by Crippen LogP contribution is 2.28. The number of aryl methyl sites for hydroxylation is 1. The Morgan fingerprint density at radius 3 is 2.68 bits per heavy atom. The molecule has 2 aromatic rings. The normalized spacial score (nSPS) is 14.0. The number of guanidine groups is 1. The van der Waals surface area contributed by atoms with Crippen molar-refractivity contribution in [3.8, 4) is 11.5 Å². The third-order valence-corrected chi connectivity index (χ3v) is 5.22.